The molecule has 1 aliphatic heterocycles. The van der Waals surface area contributed by atoms with E-state index in [2.05, 4.69) is 10.6 Å². The first-order valence-corrected chi connectivity index (χ1v) is 10.9. The Balaban J connectivity index is 1.72. The van der Waals surface area contributed by atoms with Gasteiger partial charge in [0.05, 0.1) is 23.9 Å². The largest absolute Gasteiger partial charge is 0.463 e. The number of benzene rings is 1. The van der Waals surface area contributed by atoms with Crippen LogP contribution in [0.5, 0.6) is 0 Å². The van der Waals surface area contributed by atoms with Gasteiger partial charge in [0.25, 0.3) is 0 Å². The predicted molar refractivity (Wildman–Crippen MR) is 121 cm³/mol. The molecule has 3 rings (SSSR count). The van der Waals surface area contributed by atoms with Crippen molar-refractivity contribution in [1.82, 2.24) is 10.6 Å². The van der Waals surface area contributed by atoms with E-state index in [1.807, 2.05) is 32.9 Å². The number of nitrogens with one attached hydrogen (secondary N) is 2. The van der Waals surface area contributed by atoms with Crippen LogP contribution in [0, 0.1) is 13.8 Å². The number of ether oxygens (including phenoxy) is 2. The van der Waals surface area contributed by atoms with Crippen molar-refractivity contribution >= 4 is 28.9 Å². The molecular weight excluding hydrogens is 428 g/mol. The lowest BCUT2D eigenvalue weighted by Crippen LogP contribution is -2.51. The zero-order valence-electron chi connectivity index (χ0n) is 19.2. The summed E-state index contributed by atoms with van der Waals surface area (Å²) in [4.78, 5) is 49.2. The van der Waals surface area contributed by atoms with Crippen molar-refractivity contribution in [2.75, 3.05) is 13.2 Å². The number of aryl methyl sites for hydroxylation is 2. The molecule has 9 heteroatoms. The van der Waals surface area contributed by atoms with E-state index in [1.54, 1.807) is 13.0 Å². The van der Waals surface area contributed by atoms with Crippen molar-refractivity contribution in [1.29, 1.82) is 0 Å². The molecule has 0 saturated carbocycles. The van der Waals surface area contributed by atoms with E-state index in [0.29, 0.717) is 17.6 Å². The fourth-order valence-electron chi connectivity index (χ4n) is 3.82. The summed E-state index contributed by atoms with van der Waals surface area (Å²) in [7, 11) is 0. The number of rotatable bonds is 8. The number of fused-ring (bicyclic) bond motifs is 1. The van der Waals surface area contributed by atoms with Gasteiger partial charge in [-0.25, -0.2) is 14.4 Å². The molecule has 0 saturated heterocycles. The highest BCUT2D eigenvalue weighted by molar-refractivity contribution is 5.95. The Morgan fingerprint density at radius 2 is 1.88 bits per heavy atom. The first-order valence-electron chi connectivity index (χ1n) is 10.9. The maximum Gasteiger partial charge on any atom is 0.339 e. The van der Waals surface area contributed by atoms with Crippen LogP contribution in [0.4, 0.5) is 4.79 Å². The molecule has 9 nitrogen and oxygen atoms in total. The number of hydrogen-bond acceptors (Lipinski definition) is 7. The molecule has 0 aliphatic carbocycles. The van der Waals surface area contributed by atoms with Gasteiger partial charge in [0.2, 0.25) is 0 Å². The topological polar surface area (TPSA) is 124 Å². The summed E-state index contributed by atoms with van der Waals surface area (Å²) in [6, 6.07) is 4.59. The van der Waals surface area contributed by atoms with Gasteiger partial charge >= 0.3 is 23.6 Å². The summed E-state index contributed by atoms with van der Waals surface area (Å²) in [6.07, 6.45) is 0.552. The van der Waals surface area contributed by atoms with E-state index >= 15 is 0 Å². The molecule has 2 amide bonds. The Hall–Kier alpha value is -3.62. The Kier molecular flexibility index (Phi) is 7.52. The number of carbonyl (C=O) groups excluding carboxylic acids is 3. The molecule has 0 bridgehead atoms. The molecule has 2 aromatic rings. The number of carbonyl (C=O) groups is 3. The molecule has 1 atom stereocenters. The molecule has 1 aliphatic rings. The zero-order valence-corrected chi connectivity index (χ0v) is 19.2. The third-order valence-electron chi connectivity index (χ3n) is 5.55. The second-order valence-corrected chi connectivity index (χ2v) is 7.83. The van der Waals surface area contributed by atoms with Crippen LogP contribution in [-0.4, -0.2) is 37.2 Å². The number of esters is 2. The van der Waals surface area contributed by atoms with Gasteiger partial charge in [-0.3, -0.25) is 4.79 Å². The van der Waals surface area contributed by atoms with E-state index in [1.165, 1.54) is 0 Å². The van der Waals surface area contributed by atoms with E-state index in [9.17, 15) is 19.2 Å². The standard InChI is InChI=1S/C24H28N2O7/c1-5-17-21(23(29)31-6-2)18(26-24(30)25-17)12-32-20(27)10-9-16-14(4)15-8-7-13(3)11-19(15)33-22(16)28/h7-8,11,17H,5-6,9-10,12H2,1-4H3,(H2,25,26,30). The monoisotopic (exact) mass is 456 g/mol. The lowest BCUT2D eigenvalue weighted by Gasteiger charge is -2.28. The Bertz CT molecular complexity index is 1180. The highest BCUT2D eigenvalue weighted by Gasteiger charge is 2.32. The Morgan fingerprint density at radius 1 is 1.12 bits per heavy atom. The highest BCUT2D eigenvalue weighted by Crippen LogP contribution is 2.22. The van der Waals surface area contributed by atoms with Crippen LogP contribution >= 0.6 is 0 Å². The molecule has 33 heavy (non-hydrogen) atoms. The number of urea groups is 1. The van der Waals surface area contributed by atoms with Crippen LogP contribution in [0.15, 0.2) is 38.7 Å². The smallest absolute Gasteiger partial charge is 0.339 e. The van der Waals surface area contributed by atoms with Gasteiger partial charge < -0.3 is 24.5 Å². The SMILES string of the molecule is CCOC(=O)C1=C(COC(=O)CCc2c(C)c3ccc(C)cc3oc2=O)NC(=O)NC1CC. The van der Waals surface area contributed by atoms with Gasteiger partial charge in [-0.05, 0) is 50.8 Å². The van der Waals surface area contributed by atoms with E-state index in [-0.39, 0.29) is 37.3 Å². The average Bonchev–Trinajstić information content (AvgIpc) is 2.76. The van der Waals surface area contributed by atoms with Crippen molar-refractivity contribution in [3.8, 4) is 0 Å². The van der Waals surface area contributed by atoms with Crippen LogP contribution in [-0.2, 0) is 25.5 Å². The molecule has 1 unspecified atom stereocenters. The average molecular weight is 456 g/mol. The minimum atomic E-state index is -0.581. The summed E-state index contributed by atoms with van der Waals surface area (Å²) >= 11 is 0. The molecule has 2 heterocycles. The predicted octanol–water partition coefficient (Wildman–Crippen LogP) is 2.79. The minimum Gasteiger partial charge on any atom is -0.463 e. The molecule has 1 aromatic heterocycles. The highest BCUT2D eigenvalue weighted by atomic mass is 16.5. The van der Waals surface area contributed by atoms with E-state index in [0.717, 1.165) is 16.5 Å². The third-order valence-corrected chi connectivity index (χ3v) is 5.55. The van der Waals surface area contributed by atoms with Crippen molar-refractivity contribution in [2.24, 2.45) is 0 Å². The molecular formula is C24H28N2O7. The molecule has 1 aromatic carbocycles. The van der Waals surface area contributed by atoms with E-state index in [4.69, 9.17) is 13.9 Å². The first-order chi connectivity index (χ1) is 15.7. The van der Waals surface area contributed by atoms with Crippen LogP contribution in [0.2, 0.25) is 0 Å². The van der Waals surface area contributed by atoms with Gasteiger partial charge in [0.15, 0.2) is 0 Å². The third kappa shape index (κ3) is 5.42. The molecule has 0 radical (unpaired) electrons. The summed E-state index contributed by atoms with van der Waals surface area (Å²) in [5.74, 6) is -1.16. The number of amides is 2. The second kappa shape index (κ2) is 10.3. The summed E-state index contributed by atoms with van der Waals surface area (Å²) < 4.78 is 15.8. The Labute approximate surface area is 191 Å². The quantitative estimate of drug-likeness (QED) is 0.462. The maximum absolute atomic E-state index is 12.4. The fourth-order valence-corrected chi connectivity index (χ4v) is 3.82. The summed E-state index contributed by atoms with van der Waals surface area (Å²) in [6.45, 7) is 7.11. The maximum atomic E-state index is 12.4. The van der Waals surface area contributed by atoms with Crippen LogP contribution in [0.1, 0.15) is 43.4 Å². The normalized spacial score (nSPS) is 15.8. The van der Waals surface area contributed by atoms with Gasteiger partial charge in [0.1, 0.15) is 12.2 Å². The molecule has 0 spiro atoms. The van der Waals surface area contributed by atoms with Crippen molar-refractivity contribution in [3.05, 3.63) is 56.6 Å². The zero-order chi connectivity index (χ0) is 24.1. The van der Waals surface area contributed by atoms with Crippen LogP contribution in [0.3, 0.4) is 0 Å². The molecule has 0 fully saturated rings. The minimum absolute atomic E-state index is 0.0611. The van der Waals surface area contributed by atoms with Gasteiger partial charge in [-0.1, -0.05) is 19.1 Å². The van der Waals surface area contributed by atoms with Crippen molar-refractivity contribution in [2.45, 2.75) is 53.0 Å². The van der Waals surface area contributed by atoms with Gasteiger partial charge in [-0.15, -0.1) is 0 Å². The van der Waals surface area contributed by atoms with Gasteiger partial charge in [0, 0.05) is 17.4 Å². The Morgan fingerprint density at radius 3 is 2.58 bits per heavy atom. The van der Waals surface area contributed by atoms with E-state index < -0.39 is 29.6 Å². The molecule has 176 valence electrons. The number of hydrogen-bond donors (Lipinski definition) is 2. The lowest BCUT2D eigenvalue weighted by molar-refractivity contribution is -0.143. The van der Waals surface area contributed by atoms with Crippen LogP contribution < -0.4 is 16.3 Å². The van der Waals surface area contributed by atoms with Gasteiger partial charge in [-0.2, -0.15) is 0 Å². The van der Waals surface area contributed by atoms with Crippen molar-refractivity contribution in [3.63, 3.8) is 0 Å². The second-order valence-electron chi connectivity index (χ2n) is 7.83. The summed E-state index contributed by atoms with van der Waals surface area (Å²) in [5.41, 5.74) is 2.60. The fraction of sp³-hybridized carbons (Fsp3) is 0.417. The first kappa shape index (κ1) is 24.0. The summed E-state index contributed by atoms with van der Waals surface area (Å²) in [5, 5.41) is 6.00. The van der Waals surface area contributed by atoms with Crippen LogP contribution in [0.25, 0.3) is 11.0 Å². The lowest BCUT2D eigenvalue weighted by atomic mass is 10.0. The van der Waals surface area contributed by atoms with Crippen molar-refractivity contribution < 1.29 is 28.3 Å². The molecule has 2 N–H and O–H groups in total.